The van der Waals surface area contributed by atoms with Crippen LogP contribution in [-0.2, 0) is 4.79 Å². The van der Waals surface area contributed by atoms with Gasteiger partial charge in [-0.1, -0.05) is 18.9 Å². The highest BCUT2D eigenvalue weighted by atomic mass is 16.5. The number of carbonyl (C=O) groups excluding carboxylic acids is 1. The van der Waals surface area contributed by atoms with Gasteiger partial charge in [-0.2, -0.15) is 0 Å². The van der Waals surface area contributed by atoms with E-state index in [1.807, 2.05) is 18.2 Å². The number of amides is 1. The van der Waals surface area contributed by atoms with Crippen LogP contribution in [0.4, 0.5) is 0 Å². The molecule has 4 heteroatoms. The molecule has 0 bridgehead atoms. The zero-order chi connectivity index (χ0) is 14.7. The molecule has 0 spiro atoms. The van der Waals surface area contributed by atoms with Crippen LogP contribution in [0.1, 0.15) is 43.6 Å². The van der Waals surface area contributed by atoms with Gasteiger partial charge in [0.15, 0.2) is 11.5 Å². The second-order valence-corrected chi connectivity index (χ2v) is 6.08. The number of rotatable bonds is 5. The summed E-state index contributed by atoms with van der Waals surface area (Å²) in [6, 6.07) is 6.02. The molecule has 1 aromatic rings. The van der Waals surface area contributed by atoms with Gasteiger partial charge in [-0.25, -0.2) is 0 Å². The molecule has 0 radical (unpaired) electrons. The van der Waals surface area contributed by atoms with Gasteiger partial charge in [-0.3, -0.25) is 4.79 Å². The van der Waals surface area contributed by atoms with Crippen LogP contribution < -0.4 is 14.8 Å². The molecule has 3 rings (SSSR count). The number of ether oxygens (including phenoxy) is 2. The second-order valence-electron chi connectivity index (χ2n) is 6.08. The molecular weight excluding hydrogens is 266 g/mol. The molecule has 4 nitrogen and oxygen atoms in total. The molecule has 1 aromatic carbocycles. The first-order valence-electron chi connectivity index (χ1n) is 7.83. The number of benzene rings is 1. The van der Waals surface area contributed by atoms with Crippen LogP contribution in [0, 0.1) is 5.92 Å². The van der Waals surface area contributed by atoms with Crippen LogP contribution in [0.2, 0.25) is 0 Å². The van der Waals surface area contributed by atoms with E-state index in [-0.39, 0.29) is 11.8 Å². The number of hydrogen-bond donors (Lipinski definition) is 1. The van der Waals surface area contributed by atoms with Crippen molar-refractivity contribution in [2.75, 3.05) is 20.3 Å². The van der Waals surface area contributed by atoms with E-state index in [1.165, 1.54) is 25.7 Å². The van der Waals surface area contributed by atoms with Crippen LogP contribution in [0.3, 0.4) is 0 Å². The minimum absolute atomic E-state index is 0.129. The maximum Gasteiger partial charge on any atom is 0.220 e. The number of carbonyl (C=O) groups is 1. The van der Waals surface area contributed by atoms with Crippen molar-refractivity contribution in [2.45, 2.75) is 38.0 Å². The third-order valence-electron chi connectivity index (χ3n) is 4.59. The molecule has 1 aliphatic carbocycles. The zero-order valence-corrected chi connectivity index (χ0v) is 12.6. The fourth-order valence-corrected chi connectivity index (χ4v) is 3.29. The maximum absolute atomic E-state index is 11.4. The SMILES string of the molecule is COc1ccc(C2CNC(=O)C2)cc1OCC1CCCC1. The Labute approximate surface area is 125 Å². The Morgan fingerprint density at radius 2 is 2.05 bits per heavy atom. The molecule has 1 saturated carbocycles. The first-order valence-corrected chi connectivity index (χ1v) is 7.83. The third-order valence-corrected chi connectivity index (χ3v) is 4.59. The highest BCUT2D eigenvalue weighted by Crippen LogP contribution is 2.34. The monoisotopic (exact) mass is 289 g/mol. The van der Waals surface area contributed by atoms with Crippen LogP contribution in [0.15, 0.2) is 18.2 Å². The highest BCUT2D eigenvalue weighted by Gasteiger charge is 2.24. The lowest BCUT2D eigenvalue weighted by Gasteiger charge is -2.16. The molecule has 1 N–H and O–H groups in total. The number of nitrogens with one attached hydrogen (secondary N) is 1. The Morgan fingerprint density at radius 3 is 2.71 bits per heavy atom. The summed E-state index contributed by atoms with van der Waals surface area (Å²) in [5.74, 6) is 2.63. The summed E-state index contributed by atoms with van der Waals surface area (Å²) in [7, 11) is 1.66. The Kier molecular flexibility index (Phi) is 4.32. The first-order chi connectivity index (χ1) is 10.3. The lowest BCUT2D eigenvalue weighted by Crippen LogP contribution is -2.13. The van der Waals surface area contributed by atoms with E-state index in [1.54, 1.807) is 7.11 Å². The molecule has 1 unspecified atom stereocenters. The molecule has 2 fully saturated rings. The molecule has 1 aliphatic heterocycles. The van der Waals surface area contributed by atoms with Crippen LogP contribution in [-0.4, -0.2) is 26.2 Å². The van der Waals surface area contributed by atoms with Gasteiger partial charge < -0.3 is 14.8 Å². The Bertz CT molecular complexity index is 509. The summed E-state index contributed by atoms with van der Waals surface area (Å²) in [5.41, 5.74) is 1.15. The van der Waals surface area contributed by atoms with E-state index < -0.39 is 0 Å². The highest BCUT2D eigenvalue weighted by molar-refractivity contribution is 5.79. The van der Waals surface area contributed by atoms with Crippen molar-refractivity contribution in [1.82, 2.24) is 5.32 Å². The lowest BCUT2D eigenvalue weighted by molar-refractivity contribution is -0.119. The van der Waals surface area contributed by atoms with Gasteiger partial charge in [0, 0.05) is 18.9 Å². The minimum atomic E-state index is 0.129. The Balaban J connectivity index is 1.71. The zero-order valence-electron chi connectivity index (χ0n) is 12.6. The smallest absolute Gasteiger partial charge is 0.220 e. The van der Waals surface area contributed by atoms with Gasteiger partial charge in [-0.15, -0.1) is 0 Å². The minimum Gasteiger partial charge on any atom is -0.493 e. The second kappa shape index (κ2) is 6.37. The Morgan fingerprint density at radius 1 is 1.24 bits per heavy atom. The maximum atomic E-state index is 11.4. The van der Waals surface area contributed by atoms with Gasteiger partial charge in [0.2, 0.25) is 5.91 Å². The van der Waals surface area contributed by atoms with Crippen LogP contribution in [0.5, 0.6) is 11.5 Å². The first kappa shape index (κ1) is 14.2. The summed E-state index contributed by atoms with van der Waals surface area (Å²) >= 11 is 0. The lowest BCUT2D eigenvalue weighted by atomic mass is 9.98. The van der Waals surface area contributed by atoms with E-state index >= 15 is 0 Å². The van der Waals surface area contributed by atoms with Crippen molar-refractivity contribution in [3.05, 3.63) is 23.8 Å². The molecule has 1 amide bonds. The van der Waals surface area contributed by atoms with Gasteiger partial charge in [-0.05, 0) is 36.5 Å². The van der Waals surface area contributed by atoms with E-state index in [0.717, 1.165) is 23.7 Å². The van der Waals surface area contributed by atoms with Gasteiger partial charge in [0.1, 0.15) is 0 Å². The average Bonchev–Trinajstić information content (AvgIpc) is 3.16. The average molecular weight is 289 g/mol. The molecule has 1 saturated heterocycles. The summed E-state index contributed by atoms with van der Waals surface area (Å²) in [6.07, 6.45) is 5.74. The summed E-state index contributed by atoms with van der Waals surface area (Å²) in [6.45, 7) is 1.48. The fraction of sp³-hybridized carbons (Fsp3) is 0.588. The molecule has 0 aromatic heterocycles. The molecular formula is C17H23NO3. The van der Waals surface area contributed by atoms with E-state index in [4.69, 9.17) is 9.47 Å². The van der Waals surface area contributed by atoms with Crippen molar-refractivity contribution < 1.29 is 14.3 Å². The molecule has 1 heterocycles. The van der Waals surface area contributed by atoms with Crippen LogP contribution in [0.25, 0.3) is 0 Å². The predicted octanol–water partition coefficient (Wildman–Crippen LogP) is 2.87. The van der Waals surface area contributed by atoms with Crippen molar-refractivity contribution >= 4 is 5.91 Å². The van der Waals surface area contributed by atoms with Crippen molar-refractivity contribution in [1.29, 1.82) is 0 Å². The van der Waals surface area contributed by atoms with Crippen molar-refractivity contribution in [3.8, 4) is 11.5 Å². The van der Waals surface area contributed by atoms with E-state index in [9.17, 15) is 4.79 Å². The van der Waals surface area contributed by atoms with Gasteiger partial charge >= 0.3 is 0 Å². The fourth-order valence-electron chi connectivity index (χ4n) is 3.29. The van der Waals surface area contributed by atoms with Crippen LogP contribution >= 0.6 is 0 Å². The molecule has 2 aliphatic rings. The normalized spacial score (nSPS) is 22.3. The Hall–Kier alpha value is -1.71. The summed E-state index contributed by atoms with van der Waals surface area (Å²) < 4.78 is 11.4. The third kappa shape index (κ3) is 3.31. The summed E-state index contributed by atoms with van der Waals surface area (Å²) in [5, 5.41) is 2.88. The standard InChI is InChI=1S/C17H23NO3/c1-20-15-7-6-13(14-9-17(19)18-10-14)8-16(15)21-11-12-4-2-3-5-12/h6-8,12,14H,2-5,9-11H2,1H3,(H,18,19). The predicted molar refractivity (Wildman–Crippen MR) is 80.8 cm³/mol. The van der Waals surface area contributed by atoms with Gasteiger partial charge in [0.05, 0.1) is 13.7 Å². The number of hydrogen-bond acceptors (Lipinski definition) is 3. The van der Waals surface area contributed by atoms with Crippen molar-refractivity contribution in [2.24, 2.45) is 5.92 Å². The van der Waals surface area contributed by atoms with E-state index in [2.05, 4.69) is 5.32 Å². The molecule has 21 heavy (non-hydrogen) atoms. The largest absolute Gasteiger partial charge is 0.493 e. The van der Waals surface area contributed by atoms with E-state index in [0.29, 0.717) is 18.9 Å². The summed E-state index contributed by atoms with van der Waals surface area (Å²) in [4.78, 5) is 11.4. The number of methoxy groups -OCH3 is 1. The van der Waals surface area contributed by atoms with Gasteiger partial charge in [0.25, 0.3) is 0 Å². The molecule has 1 atom stereocenters. The quantitative estimate of drug-likeness (QED) is 0.906. The topological polar surface area (TPSA) is 47.6 Å². The van der Waals surface area contributed by atoms with Crippen molar-refractivity contribution in [3.63, 3.8) is 0 Å². The molecule has 114 valence electrons.